The van der Waals surface area contributed by atoms with Crippen molar-refractivity contribution >= 4 is 10.9 Å². The van der Waals surface area contributed by atoms with Crippen LogP contribution in [-0.2, 0) is 0 Å². The zero-order valence-electron chi connectivity index (χ0n) is 12.4. The molecule has 3 nitrogen and oxygen atoms in total. The summed E-state index contributed by atoms with van der Waals surface area (Å²) in [5, 5.41) is 14.7. The predicted molar refractivity (Wildman–Crippen MR) is 83.8 cm³/mol. The highest BCUT2D eigenvalue weighted by Gasteiger charge is 2.12. The number of aryl methyl sites for hydroxylation is 1. The van der Waals surface area contributed by atoms with Gasteiger partial charge in [0.25, 0.3) is 0 Å². The second kappa shape index (κ2) is 7.36. The Balaban J connectivity index is 2.07. The van der Waals surface area contributed by atoms with Crippen molar-refractivity contribution in [3.05, 3.63) is 41.6 Å². The van der Waals surface area contributed by atoms with E-state index in [1.165, 1.54) is 6.42 Å². The summed E-state index contributed by atoms with van der Waals surface area (Å²) in [6.07, 6.45) is 3.80. The Bertz CT molecular complexity index is 554. The third-order valence-corrected chi connectivity index (χ3v) is 3.64. The zero-order valence-corrected chi connectivity index (χ0v) is 12.4. The summed E-state index contributed by atoms with van der Waals surface area (Å²) >= 11 is 0. The van der Waals surface area contributed by atoms with Gasteiger partial charge in [-0.1, -0.05) is 31.0 Å². The summed E-state index contributed by atoms with van der Waals surface area (Å²) in [4.78, 5) is 4.52. The summed E-state index contributed by atoms with van der Waals surface area (Å²) in [7, 11) is 1.97. The number of nitrogens with zero attached hydrogens (tertiary/aromatic N) is 1. The number of unbranched alkanes of at least 4 members (excludes halogenated alkanes) is 2. The third-order valence-electron chi connectivity index (χ3n) is 3.64. The van der Waals surface area contributed by atoms with Crippen molar-refractivity contribution < 1.29 is 5.11 Å². The van der Waals surface area contributed by atoms with E-state index in [1.807, 2.05) is 44.3 Å². The maximum absolute atomic E-state index is 10.5. The molecule has 0 radical (unpaired) electrons. The Morgan fingerprint density at radius 1 is 1.20 bits per heavy atom. The molecule has 0 spiro atoms. The van der Waals surface area contributed by atoms with Crippen molar-refractivity contribution in [1.82, 2.24) is 10.3 Å². The van der Waals surface area contributed by atoms with E-state index in [9.17, 15) is 5.11 Å². The van der Waals surface area contributed by atoms with Crippen molar-refractivity contribution in [3.8, 4) is 0 Å². The minimum atomic E-state index is -0.392. The van der Waals surface area contributed by atoms with E-state index in [0.717, 1.165) is 48.0 Å². The number of rotatable bonds is 7. The van der Waals surface area contributed by atoms with Crippen LogP contribution in [0.4, 0.5) is 0 Å². The SMILES string of the molecule is CNCCCCCC(O)c1cc(C)nc2ccccc12. The van der Waals surface area contributed by atoms with Crippen LogP contribution in [0.1, 0.15) is 43.0 Å². The highest BCUT2D eigenvalue weighted by Crippen LogP contribution is 2.27. The molecular weight excluding hydrogens is 248 g/mol. The van der Waals surface area contributed by atoms with Crippen molar-refractivity contribution in [2.24, 2.45) is 0 Å². The fourth-order valence-corrected chi connectivity index (χ4v) is 2.59. The first kappa shape index (κ1) is 14.9. The fraction of sp³-hybridized carbons (Fsp3) is 0.471. The van der Waals surface area contributed by atoms with Crippen molar-refractivity contribution in [2.45, 2.75) is 38.7 Å². The van der Waals surface area contributed by atoms with Crippen LogP contribution in [0.2, 0.25) is 0 Å². The van der Waals surface area contributed by atoms with Gasteiger partial charge in [0, 0.05) is 11.1 Å². The molecule has 0 aliphatic rings. The molecule has 0 saturated carbocycles. The Hall–Kier alpha value is -1.45. The van der Waals surface area contributed by atoms with E-state index in [4.69, 9.17) is 0 Å². The number of aromatic nitrogens is 1. The maximum Gasteiger partial charge on any atom is 0.0797 e. The molecule has 20 heavy (non-hydrogen) atoms. The topological polar surface area (TPSA) is 45.1 Å². The lowest BCUT2D eigenvalue weighted by Crippen LogP contribution is -2.07. The van der Waals surface area contributed by atoms with Crippen molar-refractivity contribution in [3.63, 3.8) is 0 Å². The molecular formula is C17H24N2O. The van der Waals surface area contributed by atoms with Crippen LogP contribution < -0.4 is 5.32 Å². The van der Waals surface area contributed by atoms with Gasteiger partial charge in [-0.2, -0.15) is 0 Å². The van der Waals surface area contributed by atoms with E-state index in [-0.39, 0.29) is 0 Å². The molecule has 0 aliphatic carbocycles. The molecule has 0 bridgehead atoms. The molecule has 0 aliphatic heterocycles. The van der Waals surface area contributed by atoms with Gasteiger partial charge in [0.15, 0.2) is 0 Å². The number of para-hydroxylation sites is 1. The summed E-state index contributed by atoms with van der Waals surface area (Å²) in [6, 6.07) is 10.1. The van der Waals surface area contributed by atoms with E-state index in [0.29, 0.717) is 0 Å². The number of nitrogens with one attached hydrogen (secondary N) is 1. The molecule has 1 heterocycles. The number of aliphatic hydroxyl groups excluding tert-OH is 1. The Kier molecular flexibility index (Phi) is 5.50. The highest BCUT2D eigenvalue weighted by atomic mass is 16.3. The van der Waals surface area contributed by atoms with Gasteiger partial charge in [-0.15, -0.1) is 0 Å². The lowest BCUT2D eigenvalue weighted by atomic mass is 9.98. The first-order valence-corrected chi connectivity index (χ1v) is 7.41. The summed E-state index contributed by atoms with van der Waals surface area (Å²) in [5.74, 6) is 0. The highest BCUT2D eigenvalue weighted by molar-refractivity contribution is 5.82. The molecule has 0 amide bonds. The number of aliphatic hydroxyl groups is 1. The van der Waals surface area contributed by atoms with Crippen LogP contribution in [0.15, 0.2) is 30.3 Å². The average molecular weight is 272 g/mol. The first-order chi connectivity index (χ1) is 9.72. The molecule has 1 aromatic carbocycles. The quantitative estimate of drug-likeness (QED) is 0.760. The number of hydrogen-bond donors (Lipinski definition) is 2. The zero-order chi connectivity index (χ0) is 14.4. The summed E-state index contributed by atoms with van der Waals surface area (Å²) < 4.78 is 0. The number of pyridine rings is 1. The number of benzene rings is 1. The van der Waals surface area contributed by atoms with Gasteiger partial charge in [-0.05, 0) is 51.1 Å². The molecule has 3 heteroatoms. The molecule has 2 N–H and O–H groups in total. The molecule has 2 aromatic rings. The third kappa shape index (κ3) is 3.78. The normalized spacial score (nSPS) is 12.8. The standard InChI is InChI=1S/C17H24N2O/c1-13-12-15(14-8-5-6-9-16(14)19-13)17(20)10-4-3-7-11-18-2/h5-6,8-9,12,17-18,20H,3-4,7,10-11H2,1-2H3. The van der Waals surface area contributed by atoms with Crippen molar-refractivity contribution in [1.29, 1.82) is 0 Å². The lowest BCUT2D eigenvalue weighted by Gasteiger charge is -2.14. The number of fused-ring (bicyclic) bond motifs is 1. The van der Waals surface area contributed by atoms with Crippen LogP contribution in [0.25, 0.3) is 10.9 Å². The Labute approximate surface area is 121 Å². The van der Waals surface area contributed by atoms with Gasteiger partial charge in [0.05, 0.1) is 11.6 Å². The molecule has 108 valence electrons. The minimum Gasteiger partial charge on any atom is -0.388 e. The monoisotopic (exact) mass is 272 g/mol. The van der Waals surface area contributed by atoms with E-state index < -0.39 is 6.10 Å². The van der Waals surface area contributed by atoms with Crippen molar-refractivity contribution in [2.75, 3.05) is 13.6 Å². The molecule has 0 saturated heterocycles. The van der Waals surface area contributed by atoms with E-state index in [2.05, 4.69) is 10.3 Å². The van der Waals surface area contributed by atoms with Gasteiger partial charge in [0.2, 0.25) is 0 Å². The molecule has 1 aromatic heterocycles. The Morgan fingerprint density at radius 2 is 2.00 bits per heavy atom. The van der Waals surface area contributed by atoms with Crippen LogP contribution in [0.3, 0.4) is 0 Å². The second-order valence-corrected chi connectivity index (χ2v) is 5.34. The maximum atomic E-state index is 10.5. The van der Waals surface area contributed by atoms with Gasteiger partial charge in [0.1, 0.15) is 0 Å². The Morgan fingerprint density at radius 3 is 2.80 bits per heavy atom. The van der Waals surface area contributed by atoms with E-state index >= 15 is 0 Å². The largest absolute Gasteiger partial charge is 0.388 e. The summed E-state index contributed by atoms with van der Waals surface area (Å²) in [6.45, 7) is 3.03. The van der Waals surface area contributed by atoms with Gasteiger partial charge >= 0.3 is 0 Å². The van der Waals surface area contributed by atoms with Gasteiger partial charge in [-0.25, -0.2) is 0 Å². The fourth-order valence-electron chi connectivity index (χ4n) is 2.59. The van der Waals surface area contributed by atoms with Crippen LogP contribution in [-0.4, -0.2) is 23.7 Å². The molecule has 0 fully saturated rings. The van der Waals surface area contributed by atoms with Gasteiger partial charge in [-0.3, -0.25) is 4.98 Å². The number of hydrogen-bond acceptors (Lipinski definition) is 3. The van der Waals surface area contributed by atoms with Crippen LogP contribution >= 0.6 is 0 Å². The van der Waals surface area contributed by atoms with Crippen LogP contribution in [0.5, 0.6) is 0 Å². The van der Waals surface area contributed by atoms with E-state index in [1.54, 1.807) is 0 Å². The molecule has 1 unspecified atom stereocenters. The minimum absolute atomic E-state index is 0.392. The smallest absolute Gasteiger partial charge is 0.0797 e. The first-order valence-electron chi connectivity index (χ1n) is 7.41. The van der Waals surface area contributed by atoms with Gasteiger partial charge < -0.3 is 10.4 Å². The second-order valence-electron chi connectivity index (χ2n) is 5.34. The predicted octanol–water partition coefficient (Wildman–Crippen LogP) is 3.36. The molecule has 2 rings (SSSR count). The lowest BCUT2D eigenvalue weighted by molar-refractivity contribution is 0.165. The molecule has 1 atom stereocenters. The van der Waals surface area contributed by atoms with Crippen LogP contribution in [0, 0.1) is 6.92 Å². The average Bonchev–Trinajstić information content (AvgIpc) is 2.46. The summed E-state index contributed by atoms with van der Waals surface area (Å²) in [5.41, 5.74) is 2.95.